The number of rotatable bonds is 8. The number of para-hydroxylation sites is 1. The molecule has 0 fully saturated rings. The summed E-state index contributed by atoms with van der Waals surface area (Å²) in [5.41, 5.74) is -0.670. The topological polar surface area (TPSA) is 91.3 Å². The number of carboxylic acid groups (broad SMARTS) is 1. The molecule has 13 heteroatoms. The molecule has 0 heterocycles. The highest BCUT2D eigenvalue weighted by Gasteiger charge is 2.32. The van der Waals surface area contributed by atoms with Gasteiger partial charge in [-0.05, 0) is 79.2 Å². The zero-order valence-corrected chi connectivity index (χ0v) is 22.9. The highest BCUT2D eigenvalue weighted by molar-refractivity contribution is 9.10. The summed E-state index contributed by atoms with van der Waals surface area (Å²) in [5.74, 6) is -3.06. The number of ether oxygens (including phenoxy) is 4. The molecule has 0 spiro atoms. The van der Waals surface area contributed by atoms with Gasteiger partial charge in [-0.1, -0.05) is 18.2 Å². The van der Waals surface area contributed by atoms with Crippen molar-refractivity contribution in [3.8, 4) is 28.4 Å². The fourth-order valence-corrected chi connectivity index (χ4v) is 3.45. The molecule has 0 saturated heterocycles. The van der Waals surface area contributed by atoms with Crippen molar-refractivity contribution < 1.29 is 55.6 Å². The number of alkyl halides is 3. The van der Waals surface area contributed by atoms with Gasteiger partial charge in [0.1, 0.15) is 34.5 Å². The van der Waals surface area contributed by atoms with E-state index in [4.69, 9.17) is 19.3 Å². The van der Waals surface area contributed by atoms with Gasteiger partial charge >= 0.3 is 18.3 Å². The molecule has 0 amide bonds. The lowest BCUT2D eigenvalue weighted by atomic mass is 10.0. The van der Waals surface area contributed by atoms with E-state index in [2.05, 4.69) is 20.7 Å². The third-order valence-corrected chi connectivity index (χ3v) is 4.97. The Kier molecular flexibility index (Phi) is 11.3. The minimum Gasteiger partial charge on any atom is -0.481 e. The second-order valence-corrected chi connectivity index (χ2v) is 9.67. The van der Waals surface area contributed by atoms with E-state index in [9.17, 15) is 31.5 Å². The van der Waals surface area contributed by atoms with Crippen LogP contribution in [0.1, 0.15) is 20.8 Å². The van der Waals surface area contributed by atoms with Crippen LogP contribution in [0.5, 0.6) is 17.2 Å². The van der Waals surface area contributed by atoms with Crippen LogP contribution in [0.4, 0.5) is 22.0 Å². The maximum Gasteiger partial charge on any atom is 0.573 e. The average Bonchev–Trinajstić information content (AvgIpc) is 2.81. The van der Waals surface area contributed by atoms with Crippen LogP contribution in [0.15, 0.2) is 65.1 Å². The second-order valence-electron chi connectivity index (χ2n) is 8.82. The molecule has 0 bridgehead atoms. The zero-order valence-electron chi connectivity index (χ0n) is 21.4. The van der Waals surface area contributed by atoms with Crippen LogP contribution in [-0.2, 0) is 14.3 Å². The van der Waals surface area contributed by atoms with Gasteiger partial charge < -0.3 is 24.1 Å². The van der Waals surface area contributed by atoms with Gasteiger partial charge in [-0.3, -0.25) is 0 Å². The Hall–Kier alpha value is -3.87. The van der Waals surface area contributed by atoms with Crippen LogP contribution in [-0.4, -0.2) is 42.2 Å². The van der Waals surface area contributed by atoms with E-state index in [0.717, 1.165) is 24.3 Å². The largest absolute Gasteiger partial charge is 0.573 e. The number of hydrogen-bond acceptors (Lipinski definition) is 6. The van der Waals surface area contributed by atoms with E-state index >= 15 is 0 Å². The monoisotopic (exact) mass is 634 g/mol. The van der Waals surface area contributed by atoms with Gasteiger partial charge in [-0.15, -0.1) is 13.2 Å². The molecule has 0 aliphatic rings. The summed E-state index contributed by atoms with van der Waals surface area (Å²) in [6.45, 7) is 4.40. The average molecular weight is 635 g/mol. The van der Waals surface area contributed by atoms with E-state index < -0.39 is 42.1 Å². The molecular weight excluding hydrogens is 611 g/mol. The lowest BCUT2D eigenvalue weighted by Gasteiger charge is -2.19. The maximum atomic E-state index is 13.5. The number of esters is 1. The van der Waals surface area contributed by atoms with E-state index in [1.54, 1.807) is 20.8 Å². The summed E-state index contributed by atoms with van der Waals surface area (Å²) in [5, 5.41) is 8.63. The summed E-state index contributed by atoms with van der Waals surface area (Å²) in [6, 6.07) is 12.2. The molecule has 0 saturated carbocycles. The highest BCUT2D eigenvalue weighted by atomic mass is 79.9. The summed E-state index contributed by atoms with van der Waals surface area (Å²) in [4.78, 5) is 21.9. The van der Waals surface area contributed by atoms with Gasteiger partial charge in [0.05, 0.1) is 4.47 Å². The first-order valence-corrected chi connectivity index (χ1v) is 12.1. The van der Waals surface area contributed by atoms with Gasteiger partial charge in [0, 0.05) is 11.1 Å². The molecule has 0 aromatic heterocycles. The van der Waals surface area contributed by atoms with Crippen molar-refractivity contribution in [3.63, 3.8) is 0 Å². The van der Waals surface area contributed by atoms with Crippen molar-refractivity contribution in [2.75, 3.05) is 13.2 Å². The van der Waals surface area contributed by atoms with E-state index in [1.165, 1.54) is 36.4 Å². The predicted molar refractivity (Wildman–Crippen MR) is 137 cm³/mol. The van der Waals surface area contributed by atoms with Gasteiger partial charge in [0.15, 0.2) is 13.2 Å². The standard InChI is InChI=1S/C15H10F4O4.C12H14BrFO3/c16-9-5-6-12(22-8-14(20)21)11(7-9)10-3-1-2-4-13(10)23-15(17,18)19;1-12(2,3)17-11(15)7-16-10-5-4-8(14)6-9(10)13/h1-7H,8H2,(H,20,21);4-6H,7H2,1-3H3. The van der Waals surface area contributed by atoms with Crippen LogP contribution in [0, 0.1) is 11.6 Å². The Morgan fingerprint density at radius 1 is 0.800 bits per heavy atom. The molecular formula is C27H24BrF5O7. The Morgan fingerprint density at radius 3 is 1.95 bits per heavy atom. The molecule has 0 radical (unpaired) electrons. The van der Waals surface area contributed by atoms with Crippen LogP contribution in [0.25, 0.3) is 11.1 Å². The molecule has 3 rings (SSSR count). The number of carbonyl (C=O) groups excluding carboxylic acids is 1. The smallest absolute Gasteiger partial charge is 0.481 e. The fraction of sp³-hybridized carbons (Fsp3) is 0.259. The molecule has 40 heavy (non-hydrogen) atoms. The van der Waals surface area contributed by atoms with Gasteiger partial charge in [-0.2, -0.15) is 0 Å². The Labute approximate surface area is 234 Å². The first kappa shape index (κ1) is 32.3. The highest BCUT2D eigenvalue weighted by Crippen LogP contribution is 2.39. The Bertz CT molecular complexity index is 1320. The number of halogens is 6. The fourth-order valence-electron chi connectivity index (χ4n) is 2.98. The molecule has 3 aromatic rings. The third-order valence-electron chi connectivity index (χ3n) is 4.36. The van der Waals surface area contributed by atoms with Crippen molar-refractivity contribution in [2.24, 2.45) is 0 Å². The summed E-state index contributed by atoms with van der Waals surface area (Å²) >= 11 is 3.14. The molecule has 7 nitrogen and oxygen atoms in total. The number of hydrogen-bond donors (Lipinski definition) is 1. The van der Waals surface area contributed by atoms with Crippen LogP contribution in [0.3, 0.4) is 0 Å². The number of benzene rings is 3. The lowest BCUT2D eigenvalue weighted by Crippen LogP contribution is -2.27. The van der Waals surface area contributed by atoms with Gasteiger partial charge in [0.25, 0.3) is 0 Å². The number of carboxylic acids is 1. The molecule has 0 aliphatic carbocycles. The van der Waals surface area contributed by atoms with E-state index in [-0.39, 0.29) is 29.3 Å². The summed E-state index contributed by atoms with van der Waals surface area (Å²) < 4.78 is 83.3. The van der Waals surface area contributed by atoms with E-state index in [1.807, 2.05) is 0 Å². The van der Waals surface area contributed by atoms with Gasteiger partial charge in [-0.25, -0.2) is 18.4 Å². The van der Waals surface area contributed by atoms with Crippen molar-refractivity contribution >= 4 is 27.9 Å². The SMILES string of the molecule is CC(C)(C)OC(=O)COc1ccc(F)cc1Br.O=C(O)COc1ccc(F)cc1-c1ccccc1OC(F)(F)F. The maximum absolute atomic E-state index is 13.5. The van der Waals surface area contributed by atoms with Crippen LogP contribution >= 0.6 is 15.9 Å². The molecule has 1 N–H and O–H groups in total. The normalized spacial score (nSPS) is 11.1. The zero-order chi connectivity index (χ0) is 30.1. The molecule has 0 atom stereocenters. The van der Waals surface area contributed by atoms with Crippen LogP contribution < -0.4 is 14.2 Å². The first-order valence-electron chi connectivity index (χ1n) is 11.3. The molecule has 0 unspecified atom stereocenters. The lowest BCUT2D eigenvalue weighted by molar-refractivity contribution is -0.274. The molecule has 0 aliphatic heterocycles. The van der Waals surface area contributed by atoms with Crippen molar-refractivity contribution in [1.82, 2.24) is 0 Å². The summed E-state index contributed by atoms with van der Waals surface area (Å²) in [6.07, 6.45) is -4.93. The first-order chi connectivity index (χ1) is 18.5. The molecule has 216 valence electrons. The van der Waals surface area contributed by atoms with Crippen LogP contribution in [0.2, 0.25) is 0 Å². The minimum atomic E-state index is -4.93. The quantitative estimate of drug-likeness (QED) is 0.208. The Balaban J connectivity index is 0.000000294. The minimum absolute atomic E-state index is 0.0499. The Morgan fingerprint density at radius 2 is 1.38 bits per heavy atom. The van der Waals surface area contributed by atoms with E-state index in [0.29, 0.717) is 10.2 Å². The van der Waals surface area contributed by atoms with Crippen molar-refractivity contribution in [1.29, 1.82) is 0 Å². The number of aliphatic carboxylic acids is 1. The van der Waals surface area contributed by atoms with Crippen molar-refractivity contribution in [2.45, 2.75) is 32.7 Å². The number of carbonyl (C=O) groups is 2. The second kappa shape index (κ2) is 14.0. The van der Waals surface area contributed by atoms with Gasteiger partial charge in [0.2, 0.25) is 0 Å². The third kappa shape index (κ3) is 11.5. The molecule has 3 aromatic carbocycles. The summed E-state index contributed by atoms with van der Waals surface area (Å²) in [7, 11) is 0. The van der Waals surface area contributed by atoms with Crippen molar-refractivity contribution in [3.05, 3.63) is 76.8 Å². The predicted octanol–water partition coefficient (Wildman–Crippen LogP) is 7.16.